The smallest absolute Gasteiger partial charge is 0.362 e. The van der Waals surface area contributed by atoms with Crippen molar-refractivity contribution in [1.82, 2.24) is 0 Å². The first-order chi connectivity index (χ1) is 26.1. The molecule has 0 aliphatic carbocycles. The minimum Gasteiger partial charge on any atom is -0.477 e. The third-order valence-electron chi connectivity index (χ3n) is 9.59. The van der Waals surface area contributed by atoms with Crippen LogP contribution in [-0.2, 0) is 28.6 Å². The molecule has 0 bridgehead atoms. The summed E-state index contributed by atoms with van der Waals surface area (Å²) in [5.74, 6) is -1.49. The van der Waals surface area contributed by atoms with Crippen LogP contribution in [0.25, 0.3) is 0 Å². The van der Waals surface area contributed by atoms with E-state index in [0.717, 1.165) is 64.2 Å². The number of quaternary nitrogens is 1. The lowest BCUT2D eigenvalue weighted by molar-refractivity contribution is -0.887. The number of unbranched alkanes of at least 4 members (excludes halogenated alkanes) is 19. The van der Waals surface area contributed by atoms with E-state index in [1.54, 1.807) is 0 Å². The van der Waals surface area contributed by atoms with Crippen molar-refractivity contribution in [3.8, 4) is 0 Å². The predicted octanol–water partition coefficient (Wildman–Crippen LogP) is 11.6. The molecule has 0 heterocycles. The second-order valence-corrected chi connectivity index (χ2v) is 15.7. The van der Waals surface area contributed by atoms with E-state index >= 15 is 0 Å². The summed E-state index contributed by atoms with van der Waals surface area (Å²) < 4.78 is 17.3. The monoisotopic (exact) mass is 761 g/mol. The van der Waals surface area contributed by atoms with E-state index in [1.165, 1.54) is 77.0 Å². The van der Waals surface area contributed by atoms with Gasteiger partial charge in [0.1, 0.15) is 6.61 Å². The molecule has 0 aromatic heterocycles. The van der Waals surface area contributed by atoms with Gasteiger partial charge in [0.15, 0.2) is 12.1 Å². The zero-order chi connectivity index (χ0) is 40.0. The minimum atomic E-state index is -0.879. The van der Waals surface area contributed by atoms with Crippen molar-refractivity contribution in [2.75, 3.05) is 41.0 Å². The molecule has 8 nitrogen and oxygen atoms in total. The van der Waals surface area contributed by atoms with Crippen LogP contribution < -0.4 is 0 Å². The predicted molar refractivity (Wildman–Crippen MR) is 224 cm³/mol. The molecule has 0 rings (SSSR count). The molecule has 0 saturated carbocycles. The maximum absolute atomic E-state index is 12.7. The normalized spacial score (nSPS) is 13.4. The summed E-state index contributed by atoms with van der Waals surface area (Å²) in [5, 5.41) is 9.61. The molecule has 1 N–H and O–H groups in total. The number of nitrogens with zero attached hydrogens (tertiary/aromatic N) is 1. The van der Waals surface area contributed by atoms with Gasteiger partial charge in [-0.25, -0.2) is 4.79 Å². The molecular weight excluding hydrogens is 679 g/mol. The van der Waals surface area contributed by atoms with Crippen molar-refractivity contribution in [2.24, 2.45) is 0 Å². The number of carboxylic acids is 1. The molecule has 0 saturated heterocycles. The second-order valence-electron chi connectivity index (χ2n) is 15.7. The van der Waals surface area contributed by atoms with Crippen LogP contribution in [0.15, 0.2) is 48.6 Å². The zero-order valence-corrected chi connectivity index (χ0v) is 35.4. The lowest BCUT2D eigenvalue weighted by Gasteiger charge is -2.31. The van der Waals surface area contributed by atoms with Crippen LogP contribution in [0.1, 0.15) is 174 Å². The number of allylic oxidation sites excluding steroid dienone is 8. The summed E-state index contributed by atoms with van der Waals surface area (Å²) in [4.78, 5) is 36.9. The number of likely N-dealkylation sites (N-methyl/N-ethyl adjacent to an activating group) is 1. The second kappa shape index (κ2) is 37.2. The minimum absolute atomic E-state index is 0.0542. The van der Waals surface area contributed by atoms with Crippen LogP contribution in [0.4, 0.5) is 0 Å². The SMILES string of the molecule is CC/C=C/C=C/C=C/C=C/CCCCCCCC(=O)OCC(COCCC(C(=O)O)[N+](C)(C)C)OC(=O)CCCCCCCCCCCCCCCCC. The lowest BCUT2D eigenvalue weighted by Crippen LogP contribution is -2.50. The van der Waals surface area contributed by atoms with Gasteiger partial charge in [-0.1, -0.05) is 172 Å². The Labute approximate surface area is 331 Å². The third kappa shape index (κ3) is 35.0. The molecule has 54 heavy (non-hydrogen) atoms. The van der Waals surface area contributed by atoms with Crippen molar-refractivity contribution in [3.63, 3.8) is 0 Å². The molecule has 2 unspecified atom stereocenters. The van der Waals surface area contributed by atoms with Crippen molar-refractivity contribution in [1.29, 1.82) is 0 Å². The molecule has 2 atom stereocenters. The van der Waals surface area contributed by atoms with Gasteiger partial charge in [0.2, 0.25) is 0 Å². The van der Waals surface area contributed by atoms with Gasteiger partial charge < -0.3 is 23.8 Å². The highest BCUT2D eigenvalue weighted by molar-refractivity contribution is 5.72. The maximum Gasteiger partial charge on any atom is 0.362 e. The Morgan fingerprint density at radius 2 is 1.04 bits per heavy atom. The summed E-state index contributed by atoms with van der Waals surface area (Å²) >= 11 is 0. The molecule has 0 radical (unpaired) electrons. The molecule has 8 heteroatoms. The van der Waals surface area contributed by atoms with Gasteiger partial charge in [0.25, 0.3) is 0 Å². The Hall–Kier alpha value is -2.71. The summed E-state index contributed by atoms with van der Waals surface area (Å²) in [6.45, 7) is 4.58. The maximum atomic E-state index is 12.7. The fraction of sp³-hybridized carbons (Fsp3) is 0.761. The van der Waals surface area contributed by atoms with Crippen molar-refractivity contribution < 1.29 is 38.2 Å². The number of esters is 2. The standard InChI is InChI=1S/C46H81NO7/c1-6-8-10-12-14-16-18-20-22-24-26-28-30-32-34-36-44(48)53-41-42(40-52-39-38-43(46(50)51)47(3,4)5)54-45(49)37-35-33-31-29-27-25-23-21-19-17-15-13-11-9-7-2/h8,10,12,14,16,18,20,22,42-43H,6-7,9,11,13,15,17,19,21,23-41H2,1-5H3/p+1/b10-8+,14-12+,18-16+,22-20+. The van der Waals surface area contributed by atoms with E-state index in [1.807, 2.05) is 45.4 Å². The average Bonchev–Trinajstić information content (AvgIpc) is 3.12. The molecular formula is C46H82NO7+. The van der Waals surface area contributed by atoms with Crippen LogP contribution in [0.3, 0.4) is 0 Å². The highest BCUT2D eigenvalue weighted by Gasteiger charge is 2.31. The molecule has 312 valence electrons. The summed E-state index contributed by atoms with van der Waals surface area (Å²) in [5.41, 5.74) is 0. The van der Waals surface area contributed by atoms with Crippen LogP contribution in [0.5, 0.6) is 0 Å². The van der Waals surface area contributed by atoms with Crippen molar-refractivity contribution in [3.05, 3.63) is 48.6 Å². The Bertz CT molecular complexity index is 1030. The molecule has 0 aliphatic rings. The molecule has 0 aliphatic heterocycles. The Kier molecular flexibility index (Phi) is 35.4. The van der Waals surface area contributed by atoms with Gasteiger partial charge >= 0.3 is 17.9 Å². The molecule has 0 spiro atoms. The van der Waals surface area contributed by atoms with Gasteiger partial charge in [-0.3, -0.25) is 9.59 Å². The number of hydrogen-bond acceptors (Lipinski definition) is 6. The Balaban J connectivity index is 4.39. The zero-order valence-electron chi connectivity index (χ0n) is 35.4. The molecule has 0 aromatic carbocycles. The molecule has 0 fully saturated rings. The highest BCUT2D eigenvalue weighted by atomic mass is 16.6. The summed E-state index contributed by atoms with van der Waals surface area (Å²) in [7, 11) is 5.52. The number of carbonyl (C=O) groups is 3. The fourth-order valence-electron chi connectivity index (χ4n) is 6.22. The molecule has 0 amide bonds. The van der Waals surface area contributed by atoms with Gasteiger partial charge in [-0.05, 0) is 32.1 Å². The highest BCUT2D eigenvalue weighted by Crippen LogP contribution is 2.15. The van der Waals surface area contributed by atoms with E-state index in [4.69, 9.17) is 14.2 Å². The first-order valence-corrected chi connectivity index (χ1v) is 21.7. The van der Waals surface area contributed by atoms with Crippen molar-refractivity contribution >= 4 is 17.9 Å². The van der Waals surface area contributed by atoms with Crippen LogP contribution in [-0.4, -0.2) is 80.6 Å². The number of carboxylic acid groups (broad SMARTS) is 1. The summed E-state index contributed by atoms with van der Waals surface area (Å²) in [6, 6.07) is -0.617. The third-order valence-corrected chi connectivity index (χ3v) is 9.59. The number of rotatable bonds is 38. The van der Waals surface area contributed by atoms with Crippen LogP contribution >= 0.6 is 0 Å². The fourth-order valence-corrected chi connectivity index (χ4v) is 6.22. The quantitative estimate of drug-likeness (QED) is 0.0289. The van der Waals surface area contributed by atoms with E-state index in [9.17, 15) is 19.5 Å². The van der Waals surface area contributed by atoms with Crippen LogP contribution in [0, 0.1) is 0 Å². The lowest BCUT2D eigenvalue weighted by atomic mass is 10.0. The van der Waals surface area contributed by atoms with Crippen LogP contribution in [0.2, 0.25) is 0 Å². The average molecular weight is 761 g/mol. The van der Waals surface area contributed by atoms with E-state index < -0.39 is 18.1 Å². The van der Waals surface area contributed by atoms with E-state index in [-0.39, 0.29) is 36.2 Å². The number of hydrogen-bond donors (Lipinski definition) is 1. The van der Waals surface area contributed by atoms with E-state index in [2.05, 4.69) is 38.2 Å². The van der Waals surface area contributed by atoms with Crippen molar-refractivity contribution in [2.45, 2.75) is 187 Å². The molecule has 0 aromatic rings. The first-order valence-electron chi connectivity index (χ1n) is 21.7. The largest absolute Gasteiger partial charge is 0.477 e. The van der Waals surface area contributed by atoms with Gasteiger partial charge in [-0.15, -0.1) is 0 Å². The Morgan fingerprint density at radius 1 is 0.574 bits per heavy atom. The van der Waals surface area contributed by atoms with E-state index in [0.29, 0.717) is 19.3 Å². The number of carbonyl (C=O) groups excluding carboxylic acids is 2. The topological polar surface area (TPSA) is 99.1 Å². The first kappa shape index (κ1) is 51.3. The van der Waals surface area contributed by atoms with Gasteiger partial charge in [-0.2, -0.15) is 0 Å². The number of ether oxygens (including phenoxy) is 3. The van der Waals surface area contributed by atoms with Gasteiger partial charge in [0.05, 0.1) is 34.4 Å². The summed E-state index contributed by atoms with van der Waals surface area (Å²) in [6.07, 6.45) is 42.9. The Morgan fingerprint density at radius 3 is 1.54 bits per heavy atom. The number of aliphatic carboxylic acids is 1. The van der Waals surface area contributed by atoms with Gasteiger partial charge in [0, 0.05) is 19.3 Å².